The summed E-state index contributed by atoms with van der Waals surface area (Å²) in [5.41, 5.74) is 1.42. The van der Waals surface area contributed by atoms with Crippen LogP contribution in [0.1, 0.15) is 28.9 Å². The maximum absolute atomic E-state index is 13.1. The summed E-state index contributed by atoms with van der Waals surface area (Å²) in [5, 5.41) is 16.2. The summed E-state index contributed by atoms with van der Waals surface area (Å²) < 4.78 is 19.9. The zero-order chi connectivity index (χ0) is 18.7. The monoisotopic (exact) mass is 361 g/mol. The number of benzene rings is 1. The predicted molar refractivity (Wildman–Crippen MR) is 90.7 cm³/mol. The summed E-state index contributed by atoms with van der Waals surface area (Å²) >= 11 is 0. The molecule has 3 rings (SSSR count). The fourth-order valence-electron chi connectivity index (χ4n) is 3.10. The van der Waals surface area contributed by atoms with Crippen molar-refractivity contribution in [2.75, 3.05) is 13.2 Å². The van der Waals surface area contributed by atoms with Gasteiger partial charge in [-0.1, -0.05) is 0 Å². The number of rotatable bonds is 5. The third-order valence-electron chi connectivity index (χ3n) is 4.55. The Bertz CT molecular complexity index is 797. The molecule has 1 saturated heterocycles. The second-order valence-electron chi connectivity index (χ2n) is 6.30. The average Bonchev–Trinajstić information content (AvgIpc) is 3.02. The van der Waals surface area contributed by atoms with Crippen LogP contribution in [0.4, 0.5) is 4.39 Å². The smallest absolute Gasteiger partial charge is 0.326 e. The number of carbonyl (C=O) groups excluding carboxylic acids is 1. The molecule has 1 aromatic carbocycles. The second-order valence-corrected chi connectivity index (χ2v) is 6.30. The number of carboxylic acids is 1. The largest absolute Gasteiger partial charge is 0.480 e. The van der Waals surface area contributed by atoms with Crippen LogP contribution in [0.25, 0.3) is 5.69 Å². The lowest BCUT2D eigenvalue weighted by molar-refractivity contribution is -0.142. The minimum atomic E-state index is -1.09. The fraction of sp³-hybridized carbons (Fsp3) is 0.389. The van der Waals surface area contributed by atoms with E-state index in [-0.39, 0.29) is 17.3 Å². The summed E-state index contributed by atoms with van der Waals surface area (Å²) in [6, 6.07) is 4.70. The van der Waals surface area contributed by atoms with E-state index in [1.54, 1.807) is 19.1 Å². The first-order valence-corrected chi connectivity index (χ1v) is 8.39. The molecule has 8 heteroatoms. The van der Waals surface area contributed by atoms with Crippen molar-refractivity contribution in [1.82, 2.24) is 15.1 Å². The summed E-state index contributed by atoms with van der Waals surface area (Å²) in [6.45, 7) is 2.62. The predicted octanol–water partition coefficient (Wildman–Crippen LogP) is 1.93. The van der Waals surface area contributed by atoms with E-state index < -0.39 is 17.9 Å². The number of aromatic nitrogens is 2. The fourth-order valence-corrected chi connectivity index (χ4v) is 3.10. The van der Waals surface area contributed by atoms with Crippen molar-refractivity contribution in [3.05, 3.63) is 47.5 Å². The Balaban J connectivity index is 1.79. The molecular weight excluding hydrogens is 341 g/mol. The molecule has 0 bridgehead atoms. The molecule has 2 atom stereocenters. The van der Waals surface area contributed by atoms with Gasteiger partial charge in [0, 0.05) is 12.5 Å². The third-order valence-corrected chi connectivity index (χ3v) is 4.55. The standard InChI is InChI=1S/C18H20FN3O4/c1-11-15(9-20-22(11)14-6-4-13(19)5-7-14)17(23)21-16(18(24)25)12-3-2-8-26-10-12/h4-7,9,12,16H,2-3,8,10H2,1H3,(H,21,23)(H,24,25). The maximum Gasteiger partial charge on any atom is 0.326 e. The van der Waals surface area contributed by atoms with E-state index in [9.17, 15) is 19.1 Å². The quantitative estimate of drug-likeness (QED) is 0.849. The molecule has 1 aliphatic heterocycles. The van der Waals surface area contributed by atoms with Gasteiger partial charge in [0.1, 0.15) is 11.9 Å². The zero-order valence-corrected chi connectivity index (χ0v) is 14.3. The van der Waals surface area contributed by atoms with E-state index in [0.29, 0.717) is 31.0 Å². The van der Waals surface area contributed by atoms with Crippen molar-refractivity contribution in [1.29, 1.82) is 0 Å². The number of nitrogens with zero attached hydrogens (tertiary/aromatic N) is 2. The van der Waals surface area contributed by atoms with Gasteiger partial charge in [-0.15, -0.1) is 0 Å². The van der Waals surface area contributed by atoms with Crippen LogP contribution in [0.3, 0.4) is 0 Å². The molecule has 1 fully saturated rings. The van der Waals surface area contributed by atoms with Crippen molar-refractivity contribution in [2.24, 2.45) is 5.92 Å². The maximum atomic E-state index is 13.1. The van der Waals surface area contributed by atoms with Crippen molar-refractivity contribution in [2.45, 2.75) is 25.8 Å². The topological polar surface area (TPSA) is 93.5 Å². The van der Waals surface area contributed by atoms with Crippen LogP contribution in [0.2, 0.25) is 0 Å². The van der Waals surface area contributed by atoms with E-state index in [2.05, 4.69) is 10.4 Å². The van der Waals surface area contributed by atoms with Gasteiger partial charge in [0.2, 0.25) is 0 Å². The summed E-state index contributed by atoms with van der Waals surface area (Å²) in [5.74, 6) is -2.22. The van der Waals surface area contributed by atoms with E-state index in [4.69, 9.17) is 4.74 Å². The van der Waals surface area contributed by atoms with Crippen molar-refractivity contribution in [3.63, 3.8) is 0 Å². The van der Waals surface area contributed by atoms with Gasteiger partial charge in [0.05, 0.1) is 29.7 Å². The molecular formula is C18H20FN3O4. The number of aliphatic carboxylic acids is 1. The van der Waals surface area contributed by atoms with Gasteiger partial charge in [-0.05, 0) is 44.0 Å². The first-order valence-electron chi connectivity index (χ1n) is 8.39. The minimum Gasteiger partial charge on any atom is -0.480 e. The molecule has 26 heavy (non-hydrogen) atoms. The minimum absolute atomic E-state index is 0.266. The van der Waals surface area contributed by atoms with Crippen molar-refractivity contribution >= 4 is 11.9 Å². The Hall–Kier alpha value is -2.74. The number of carbonyl (C=O) groups is 2. The summed E-state index contributed by atoms with van der Waals surface area (Å²) in [4.78, 5) is 24.2. The first-order chi connectivity index (χ1) is 12.5. The lowest BCUT2D eigenvalue weighted by atomic mass is 9.93. The SMILES string of the molecule is Cc1c(C(=O)NC(C(=O)O)C2CCCOC2)cnn1-c1ccc(F)cc1. The molecule has 138 valence electrons. The molecule has 2 unspecified atom stereocenters. The van der Waals surface area contributed by atoms with Crippen LogP contribution in [0.15, 0.2) is 30.5 Å². The van der Waals surface area contributed by atoms with Gasteiger partial charge in [-0.3, -0.25) is 4.79 Å². The van der Waals surface area contributed by atoms with Crippen LogP contribution in [0.5, 0.6) is 0 Å². The normalized spacial score (nSPS) is 18.3. The lowest BCUT2D eigenvalue weighted by Crippen LogP contribution is -2.48. The molecule has 7 nitrogen and oxygen atoms in total. The molecule has 2 heterocycles. The average molecular weight is 361 g/mol. The Morgan fingerprint density at radius 1 is 1.38 bits per heavy atom. The highest BCUT2D eigenvalue weighted by Gasteiger charge is 2.32. The van der Waals surface area contributed by atoms with Crippen molar-refractivity contribution in [3.8, 4) is 5.69 Å². The lowest BCUT2D eigenvalue weighted by Gasteiger charge is -2.28. The van der Waals surface area contributed by atoms with E-state index in [1.807, 2.05) is 0 Å². The summed E-state index contributed by atoms with van der Waals surface area (Å²) in [7, 11) is 0. The number of ether oxygens (including phenoxy) is 1. The van der Waals surface area contributed by atoms with E-state index in [1.165, 1.54) is 23.0 Å². The first kappa shape index (κ1) is 18.1. The Morgan fingerprint density at radius 3 is 2.73 bits per heavy atom. The van der Waals surface area contributed by atoms with Gasteiger partial charge in [-0.25, -0.2) is 13.9 Å². The van der Waals surface area contributed by atoms with E-state index >= 15 is 0 Å². The van der Waals surface area contributed by atoms with Crippen molar-refractivity contribution < 1.29 is 23.8 Å². The van der Waals surface area contributed by atoms with Crippen LogP contribution < -0.4 is 5.32 Å². The number of amides is 1. The summed E-state index contributed by atoms with van der Waals surface area (Å²) in [6.07, 6.45) is 2.83. The molecule has 0 aliphatic carbocycles. The Morgan fingerprint density at radius 2 is 2.12 bits per heavy atom. The highest BCUT2D eigenvalue weighted by molar-refractivity contribution is 5.97. The second kappa shape index (κ2) is 7.65. The molecule has 1 aromatic heterocycles. The molecule has 1 amide bonds. The number of hydrogen-bond donors (Lipinski definition) is 2. The molecule has 0 spiro atoms. The Kier molecular flexibility index (Phi) is 5.32. The van der Waals surface area contributed by atoms with Gasteiger partial charge in [0.25, 0.3) is 5.91 Å². The third kappa shape index (κ3) is 3.75. The molecule has 0 radical (unpaired) electrons. The number of nitrogens with one attached hydrogen (secondary N) is 1. The highest BCUT2D eigenvalue weighted by Crippen LogP contribution is 2.19. The van der Waals surface area contributed by atoms with Gasteiger partial charge >= 0.3 is 5.97 Å². The van der Waals surface area contributed by atoms with Crippen LogP contribution in [-0.4, -0.2) is 46.0 Å². The molecule has 1 aliphatic rings. The highest BCUT2D eigenvalue weighted by atomic mass is 19.1. The molecule has 0 saturated carbocycles. The van der Waals surface area contributed by atoms with Crippen LogP contribution in [-0.2, 0) is 9.53 Å². The van der Waals surface area contributed by atoms with Gasteiger partial charge < -0.3 is 15.2 Å². The molecule has 2 N–H and O–H groups in total. The van der Waals surface area contributed by atoms with Crippen LogP contribution in [0, 0.1) is 18.7 Å². The van der Waals surface area contributed by atoms with Crippen LogP contribution >= 0.6 is 0 Å². The Labute approximate surface area is 149 Å². The number of hydrogen-bond acceptors (Lipinski definition) is 4. The number of halogens is 1. The van der Waals surface area contributed by atoms with Gasteiger partial charge in [-0.2, -0.15) is 5.10 Å². The van der Waals surface area contributed by atoms with Gasteiger partial charge in [0.15, 0.2) is 0 Å². The molecule has 2 aromatic rings. The number of carboxylic acid groups (broad SMARTS) is 1. The zero-order valence-electron chi connectivity index (χ0n) is 14.3. The van der Waals surface area contributed by atoms with E-state index in [0.717, 1.165) is 6.42 Å².